The lowest BCUT2D eigenvalue weighted by Gasteiger charge is -2.26. The summed E-state index contributed by atoms with van der Waals surface area (Å²) in [6.45, 7) is 6.20. The minimum absolute atomic E-state index is 0.222. The van der Waals surface area contributed by atoms with Crippen molar-refractivity contribution in [2.24, 2.45) is 0 Å². The zero-order valence-corrected chi connectivity index (χ0v) is 10.3. The van der Waals surface area contributed by atoms with Crippen molar-refractivity contribution in [3.8, 4) is 0 Å². The van der Waals surface area contributed by atoms with Crippen molar-refractivity contribution in [3.63, 3.8) is 0 Å². The van der Waals surface area contributed by atoms with Crippen LogP contribution in [0.3, 0.4) is 0 Å². The van der Waals surface area contributed by atoms with Gasteiger partial charge in [0.25, 0.3) is 5.91 Å². The Kier molecular flexibility index (Phi) is 2.83. The topological polar surface area (TPSA) is 20.3 Å². The minimum Gasteiger partial charge on any atom is -0.333 e. The van der Waals surface area contributed by atoms with Crippen LogP contribution in [-0.4, -0.2) is 22.9 Å². The number of hydrogen-bond donors (Lipinski definition) is 0. The monoisotopic (exact) mass is 223 g/mol. The molecule has 1 amide bonds. The summed E-state index contributed by atoms with van der Waals surface area (Å²) in [5.41, 5.74) is 1.11. The third kappa shape index (κ3) is 2.07. The third-order valence-electron chi connectivity index (χ3n) is 2.79. The summed E-state index contributed by atoms with van der Waals surface area (Å²) in [5.74, 6) is 0.222. The Bertz CT molecular complexity index is 363. The highest BCUT2D eigenvalue weighted by atomic mass is 32.1. The van der Waals surface area contributed by atoms with E-state index in [0.29, 0.717) is 12.1 Å². The molecule has 1 aromatic rings. The van der Waals surface area contributed by atoms with Crippen molar-refractivity contribution < 1.29 is 4.79 Å². The second-order valence-electron chi connectivity index (χ2n) is 4.47. The van der Waals surface area contributed by atoms with Gasteiger partial charge in [-0.15, -0.1) is 11.3 Å². The first-order valence-corrected chi connectivity index (χ1v) is 6.36. The molecule has 1 aliphatic carbocycles. The molecule has 0 atom stereocenters. The van der Waals surface area contributed by atoms with Gasteiger partial charge in [0, 0.05) is 12.1 Å². The Morgan fingerprint density at radius 1 is 1.53 bits per heavy atom. The molecular weight excluding hydrogens is 206 g/mol. The van der Waals surface area contributed by atoms with Crippen molar-refractivity contribution in [2.45, 2.75) is 45.7 Å². The van der Waals surface area contributed by atoms with E-state index in [2.05, 4.69) is 13.8 Å². The quantitative estimate of drug-likeness (QED) is 0.771. The number of aryl methyl sites for hydroxylation is 1. The largest absolute Gasteiger partial charge is 0.333 e. The zero-order valence-electron chi connectivity index (χ0n) is 9.49. The van der Waals surface area contributed by atoms with Crippen LogP contribution in [0.1, 0.15) is 41.9 Å². The van der Waals surface area contributed by atoms with Crippen LogP contribution in [0.25, 0.3) is 0 Å². The molecule has 0 aliphatic heterocycles. The highest BCUT2D eigenvalue weighted by Crippen LogP contribution is 2.31. The van der Waals surface area contributed by atoms with E-state index in [0.717, 1.165) is 10.4 Å². The van der Waals surface area contributed by atoms with Gasteiger partial charge in [-0.1, -0.05) is 0 Å². The molecule has 1 saturated carbocycles. The number of hydrogen-bond acceptors (Lipinski definition) is 2. The van der Waals surface area contributed by atoms with E-state index >= 15 is 0 Å². The van der Waals surface area contributed by atoms with Crippen LogP contribution >= 0.6 is 11.3 Å². The van der Waals surface area contributed by atoms with Gasteiger partial charge in [0.05, 0.1) is 4.88 Å². The van der Waals surface area contributed by atoms with Crippen LogP contribution in [0.15, 0.2) is 11.4 Å². The van der Waals surface area contributed by atoms with E-state index in [1.54, 1.807) is 11.3 Å². The fraction of sp³-hybridized carbons (Fsp3) is 0.583. The molecule has 3 heteroatoms. The van der Waals surface area contributed by atoms with Gasteiger partial charge in [-0.25, -0.2) is 0 Å². The maximum Gasteiger partial charge on any atom is 0.264 e. The van der Waals surface area contributed by atoms with Crippen LogP contribution in [-0.2, 0) is 0 Å². The van der Waals surface area contributed by atoms with E-state index < -0.39 is 0 Å². The SMILES string of the molecule is Cc1ccsc1C(=O)N(C(C)C)C1CC1. The maximum atomic E-state index is 12.3. The van der Waals surface area contributed by atoms with E-state index in [4.69, 9.17) is 0 Å². The number of thiophene rings is 1. The summed E-state index contributed by atoms with van der Waals surface area (Å²) in [7, 11) is 0. The molecule has 1 aromatic heterocycles. The van der Waals surface area contributed by atoms with Crippen LogP contribution in [0.5, 0.6) is 0 Å². The maximum absolute atomic E-state index is 12.3. The molecule has 0 radical (unpaired) electrons. The Hall–Kier alpha value is -0.830. The van der Waals surface area contributed by atoms with Gasteiger partial charge in [0.2, 0.25) is 0 Å². The lowest BCUT2D eigenvalue weighted by molar-refractivity contribution is 0.0694. The van der Waals surface area contributed by atoms with Crippen LogP contribution in [0.4, 0.5) is 0 Å². The molecule has 1 fully saturated rings. The Morgan fingerprint density at radius 2 is 2.20 bits per heavy atom. The van der Waals surface area contributed by atoms with E-state index in [-0.39, 0.29) is 5.91 Å². The molecule has 0 unspecified atom stereocenters. The van der Waals surface area contributed by atoms with Crippen LogP contribution < -0.4 is 0 Å². The summed E-state index contributed by atoms with van der Waals surface area (Å²) in [6, 6.07) is 2.83. The summed E-state index contributed by atoms with van der Waals surface area (Å²) < 4.78 is 0. The predicted octanol–water partition coefficient (Wildman–Crippen LogP) is 3.07. The number of rotatable bonds is 3. The van der Waals surface area contributed by atoms with Gasteiger partial charge in [-0.3, -0.25) is 4.79 Å². The highest BCUT2D eigenvalue weighted by Gasteiger charge is 2.35. The smallest absolute Gasteiger partial charge is 0.264 e. The summed E-state index contributed by atoms with van der Waals surface area (Å²) in [5, 5.41) is 1.99. The molecule has 15 heavy (non-hydrogen) atoms. The molecule has 0 saturated heterocycles. The van der Waals surface area contributed by atoms with Gasteiger partial charge < -0.3 is 4.90 Å². The standard InChI is InChI=1S/C12H17NOS/c1-8(2)13(10-4-5-10)12(14)11-9(3)6-7-15-11/h6-8,10H,4-5H2,1-3H3. The second-order valence-corrected chi connectivity index (χ2v) is 5.39. The average molecular weight is 223 g/mol. The molecule has 0 spiro atoms. The number of carbonyl (C=O) groups excluding carboxylic acids is 1. The Balaban J connectivity index is 2.21. The number of nitrogens with zero attached hydrogens (tertiary/aromatic N) is 1. The summed E-state index contributed by atoms with van der Waals surface area (Å²) in [6.07, 6.45) is 2.35. The fourth-order valence-electron chi connectivity index (χ4n) is 1.88. The summed E-state index contributed by atoms with van der Waals surface area (Å²) >= 11 is 1.56. The Morgan fingerprint density at radius 3 is 2.60 bits per heavy atom. The predicted molar refractivity (Wildman–Crippen MR) is 63.4 cm³/mol. The number of carbonyl (C=O) groups is 1. The van der Waals surface area contributed by atoms with E-state index in [9.17, 15) is 4.79 Å². The fourth-order valence-corrected chi connectivity index (χ4v) is 2.75. The molecule has 1 aliphatic rings. The molecule has 2 nitrogen and oxygen atoms in total. The highest BCUT2D eigenvalue weighted by molar-refractivity contribution is 7.12. The number of amides is 1. The van der Waals surface area contributed by atoms with Crippen molar-refractivity contribution >= 4 is 17.2 Å². The molecule has 82 valence electrons. The molecule has 0 N–H and O–H groups in total. The van der Waals surface area contributed by atoms with Gasteiger partial charge in [-0.05, 0) is 50.6 Å². The first kappa shape index (κ1) is 10.7. The van der Waals surface area contributed by atoms with Crippen molar-refractivity contribution in [1.29, 1.82) is 0 Å². The zero-order chi connectivity index (χ0) is 11.0. The first-order valence-electron chi connectivity index (χ1n) is 5.48. The minimum atomic E-state index is 0.222. The molecule has 1 heterocycles. The third-order valence-corrected chi connectivity index (χ3v) is 3.79. The summed E-state index contributed by atoms with van der Waals surface area (Å²) in [4.78, 5) is 15.2. The molecule has 0 aromatic carbocycles. The molecule has 2 rings (SSSR count). The van der Waals surface area contributed by atoms with Crippen LogP contribution in [0, 0.1) is 6.92 Å². The lowest BCUT2D eigenvalue weighted by Crippen LogP contribution is -2.38. The molecule has 0 bridgehead atoms. The van der Waals surface area contributed by atoms with Crippen molar-refractivity contribution in [3.05, 3.63) is 21.9 Å². The van der Waals surface area contributed by atoms with Gasteiger partial charge in [0.1, 0.15) is 0 Å². The van der Waals surface area contributed by atoms with Gasteiger partial charge in [-0.2, -0.15) is 0 Å². The second kappa shape index (κ2) is 3.97. The Labute approximate surface area is 94.9 Å². The molecular formula is C12H17NOS. The van der Waals surface area contributed by atoms with Gasteiger partial charge >= 0.3 is 0 Å². The lowest BCUT2D eigenvalue weighted by atomic mass is 10.2. The normalized spacial score (nSPS) is 15.7. The average Bonchev–Trinajstić information content (AvgIpc) is 2.87. The van der Waals surface area contributed by atoms with Crippen molar-refractivity contribution in [2.75, 3.05) is 0 Å². The van der Waals surface area contributed by atoms with E-state index in [1.807, 2.05) is 23.3 Å². The van der Waals surface area contributed by atoms with E-state index in [1.165, 1.54) is 12.8 Å². The van der Waals surface area contributed by atoms with Crippen LogP contribution in [0.2, 0.25) is 0 Å². The van der Waals surface area contributed by atoms with Gasteiger partial charge in [0.15, 0.2) is 0 Å². The van der Waals surface area contributed by atoms with Crippen molar-refractivity contribution in [1.82, 2.24) is 4.90 Å². The first-order chi connectivity index (χ1) is 7.11.